The van der Waals surface area contributed by atoms with Crippen LogP contribution >= 0.6 is 0 Å². The van der Waals surface area contributed by atoms with Crippen LogP contribution in [0.5, 0.6) is 11.5 Å². The summed E-state index contributed by atoms with van der Waals surface area (Å²) in [5.41, 5.74) is 1.56. The van der Waals surface area contributed by atoms with Crippen molar-refractivity contribution in [3.05, 3.63) is 59.7 Å². The predicted octanol–water partition coefficient (Wildman–Crippen LogP) is 3.15. The minimum absolute atomic E-state index is 0.0785. The monoisotopic (exact) mass is 495 g/mol. The van der Waals surface area contributed by atoms with Gasteiger partial charge in [0, 0.05) is 38.2 Å². The number of benzene rings is 2. The fourth-order valence-electron chi connectivity index (χ4n) is 4.27. The number of ether oxygens (including phenoxy) is 2. The molecule has 0 spiro atoms. The van der Waals surface area contributed by atoms with E-state index in [0.29, 0.717) is 56.8 Å². The molecule has 2 aromatic rings. The number of aryl methyl sites for hydroxylation is 1. The van der Waals surface area contributed by atoms with Gasteiger partial charge in [-0.25, -0.2) is 0 Å². The van der Waals surface area contributed by atoms with Gasteiger partial charge >= 0.3 is 0 Å². The first kappa shape index (κ1) is 27.0. The number of nitrogens with one attached hydrogen (secondary N) is 1. The summed E-state index contributed by atoms with van der Waals surface area (Å²) in [6.45, 7) is 5.96. The first-order chi connectivity index (χ1) is 17.3. The smallest absolute Gasteiger partial charge is 0.251 e. The standard InChI is InChI=1S/C28H37N3O5/c1-20(2)26(29-27(33)22-9-13-24(36-4)14-10-22)28(34)31-17-5-16-30(18-19-31)25(32)15-8-21-6-11-23(35-3)12-7-21/h6-7,9-14,20,26H,5,8,15-19H2,1-4H3,(H,29,33). The first-order valence-corrected chi connectivity index (χ1v) is 12.5. The minimum Gasteiger partial charge on any atom is -0.497 e. The summed E-state index contributed by atoms with van der Waals surface area (Å²) in [5.74, 6) is 1.06. The fourth-order valence-corrected chi connectivity index (χ4v) is 4.27. The molecule has 1 N–H and O–H groups in total. The summed E-state index contributed by atoms with van der Waals surface area (Å²) in [6.07, 6.45) is 1.79. The molecule has 3 rings (SSSR count). The molecule has 3 amide bonds. The highest BCUT2D eigenvalue weighted by molar-refractivity contribution is 5.97. The van der Waals surface area contributed by atoms with E-state index in [0.717, 1.165) is 11.3 Å². The number of hydrogen-bond donors (Lipinski definition) is 1. The molecule has 2 aromatic carbocycles. The summed E-state index contributed by atoms with van der Waals surface area (Å²) >= 11 is 0. The van der Waals surface area contributed by atoms with E-state index in [1.165, 1.54) is 0 Å². The van der Waals surface area contributed by atoms with Crippen molar-refractivity contribution < 1.29 is 23.9 Å². The lowest BCUT2D eigenvalue weighted by Gasteiger charge is -2.29. The molecule has 1 fully saturated rings. The van der Waals surface area contributed by atoms with Gasteiger partial charge in [-0.1, -0.05) is 26.0 Å². The fraction of sp³-hybridized carbons (Fsp3) is 0.464. The lowest BCUT2D eigenvalue weighted by Crippen LogP contribution is -2.52. The Balaban J connectivity index is 1.54. The highest BCUT2D eigenvalue weighted by Crippen LogP contribution is 2.16. The third kappa shape index (κ3) is 7.23. The Morgan fingerprint density at radius 3 is 1.97 bits per heavy atom. The Morgan fingerprint density at radius 1 is 0.833 bits per heavy atom. The molecule has 0 saturated carbocycles. The lowest BCUT2D eigenvalue weighted by atomic mass is 10.0. The molecule has 1 aliphatic rings. The molecule has 1 unspecified atom stereocenters. The first-order valence-electron chi connectivity index (χ1n) is 12.5. The van der Waals surface area contributed by atoms with E-state index in [4.69, 9.17) is 9.47 Å². The highest BCUT2D eigenvalue weighted by Gasteiger charge is 2.30. The Morgan fingerprint density at radius 2 is 1.39 bits per heavy atom. The van der Waals surface area contributed by atoms with Crippen LogP contribution in [0.25, 0.3) is 0 Å². The number of hydrogen-bond acceptors (Lipinski definition) is 5. The van der Waals surface area contributed by atoms with Crippen molar-refractivity contribution in [2.45, 2.75) is 39.2 Å². The maximum absolute atomic E-state index is 13.4. The number of nitrogens with zero attached hydrogens (tertiary/aromatic N) is 2. The molecule has 1 atom stereocenters. The lowest BCUT2D eigenvalue weighted by molar-refractivity contribution is -0.135. The predicted molar refractivity (Wildman–Crippen MR) is 138 cm³/mol. The highest BCUT2D eigenvalue weighted by atomic mass is 16.5. The van der Waals surface area contributed by atoms with Gasteiger partial charge in [0.1, 0.15) is 17.5 Å². The molecule has 0 bridgehead atoms. The molecular weight excluding hydrogens is 458 g/mol. The SMILES string of the molecule is COc1ccc(CCC(=O)N2CCCN(C(=O)C(NC(=O)c3ccc(OC)cc3)C(C)C)CC2)cc1. The van der Waals surface area contributed by atoms with Crippen LogP contribution in [-0.2, 0) is 16.0 Å². The average Bonchev–Trinajstić information content (AvgIpc) is 3.16. The zero-order valence-electron chi connectivity index (χ0n) is 21.7. The van der Waals surface area contributed by atoms with Crippen molar-refractivity contribution in [2.24, 2.45) is 5.92 Å². The molecular formula is C28H37N3O5. The zero-order valence-corrected chi connectivity index (χ0v) is 21.7. The quantitative estimate of drug-likeness (QED) is 0.578. The van der Waals surface area contributed by atoms with E-state index in [1.807, 2.05) is 43.0 Å². The van der Waals surface area contributed by atoms with Gasteiger partial charge in [0.15, 0.2) is 0 Å². The summed E-state index contributed by atoms with van der Waals surface area (Å²) < 4.78 is 10.3. The minimum atomic E-state index is -0.642. The van der Waals surface area contributed by atoms with E-state index in [-0.39, 0.29) is 23.6 Å². The van der Waals surface area contributed by atoms with Crippen molar-refractivity contribution >= 4 is 17.7 Å². The van der Waals surface area contributed by atoms with Gasteiger partial charge in [-0.15, -0.1) is 0 Å². The third-order valence-electron chi connectivity index (χ3n) is 6.52. The molecule has 1 aliphatic heterocycles. The van der Waals surface area contributed by atoms with E-state index < -0.39 is 6.04 Å². The molecule has 0 radical (unpaired) electrons. The van der Waals surface area contributed by atoms with Crippen LogP contribution in [0, 0.1) is 5.92 Å². The van der Waals surface area contributed by atoms with E-state index >= 15 is 0 Å². The zero-order chi connectivity index (χ0) is 26.1. The number of amides is 3. The molecule has 0 aliphatic carbocycles. The Hall–Kier alpha value is -3.55. The third-order valence-corrected chi connectivity index (χ3v) is 6.52. The van der Waals surface area contributed by atoms with Crippen LogP contribution in [0.15, 0.2) is 48.5 Å². The molecule has 1 saturated heterocycles. The number of carbonyl (C=O) groups excluding carboxylic acids is 3. The summed E-state index contributed by atoms with van der Waals surface area (Å²) in [6, 6.07) is 13.9. The average molecular weight is 496 g/mol. The Bertz CT molecular complexity index is 1020. The van der Waals surface area contributed by atoms with Gasteiger partial charge in [0.25, 0.3) is 5.91 Å². The summed E-state index contributed by atoms with van der Waals surface area (Å²) in [5, 5.41) is 2.91. The van der Waals surface area contributed by atoms with Crippen molar-refractivity contribution in [2.75, 3.05) is 40.4 Å². The van der Waals surface area contributed by atoms with Crippen molar-refractivity contribution in [3.8, 4) is 11.5 Å². The van der Waals surface area contributed by atoms with Gasteiger partial charge in [-0.3, -0.25) is 14.4 Å². The molecule has 194 valence electrons. The van der Waals surface area contributed by atoms with Crippen LogP contribution < -0.4 is 14.8 Å². The maximum Gasteiger partial charge on any atom is 0.251 e. The van der Waals surface area contributed by atoms with Gasteiger partial charge < -0.3 is 24.6 Å². The van der Waals surface area contributed by atoms with Crippen molar-refractivity contribution in [1.82, 2.24) is 15.1 Å². The molecule has 1 heterocycles. The molecule has 0 aromatic heterocycles. The van der Waals surface area contributed by atoms with Gasteiger partial charge in [-0.05, 0) is 60.7 Å². The van der Waals surface area contributed by atoms with Crippen LogP contribution in [-0.4, -0.2) is 74.0 Å². The normalized spacial score (nSPS) is 14.7. The maximum atomic E-state index is 13.4. The molecule has 8 nitrogen and oxygen atoms in total. The van der Waals surface area contributed by atoms with E-state index in [1.54, 1.807) is 43.4 Å². The van der Waals surface area contributed by atoms with E-state index in [9.17, 15) is 14.4 Å². The van der Waals surface area contributed by atoms with Crippen LogP contribution in [0.1, 0.15) is 42.6 Å². The Labute approximate surface area is 213 Å². The summed E-state index contributed by atoms with van der Waals surface area (Å²) in [7, 11) is 3.20. The second-order valence-corrected chi connectivity index (χ2v) is 9.33. The van der Waals surface area contributed by atoms with Crippen LogP contribution in [0.4, 0.5) is 0 Å². The number of rotatable bonds is 9. The summed E-state index contributed by atoms with van der Waals surface area (Å²) in [4.78, 5) is 42.6. The van der Waals surface area contributed by atoms with Crippen molar-refractivity contribution in [1.29, 1.82) is 0 Å². The second-order valence-electron chi connectivity index (χ2n) is 9.33. The number of carbonyl (C=O) groups is 3. The van der Waals surface area contributed by atoms with Gasteiger partial charge in [0.2, 0.25) is 11.8 Å². The molecule has 8 heteroatoms. The molecule has 36 heavy (non-hydrogen) atoms. The van der Waals surface area contributed by atoms with E-state index in [2.05, 4.69) is 5.32 Å². The van der Waals surface area contributed by atoms with Gasteiger partial charge in [0.05, 0.1) is 14.2 Å². The van der Waals surface area contributed by atoms with Crippen LogP contribution in [0.3, 0.4) is 0 Å². The number of methoxy groups -OCH3 is 2. The van der Waals surface area contributed by atoms with Crippen molar-refractivity contribution in [3.63, 3.8) is 0 Å². The topological polar surface area (TPSA) is 88.2 Å². The second kappa shape index (κ2) is 13.0. The largest absolute Gasteiger partial charge is 0.497 e. The Kier molecular flexibility index (Phi) is 9.73. The van der Waals surface area contributed by atoms with Crippen LogP contribution in [0.2, 0.25) is 0 Å². The van der Waals surface area contributed by atoms with Gasteiger partial charge in [-0.2, -0.15) is 0 Å².